The number of carboxylic acids is 1. The number of carbonyl (C=O) groups excluding carboxylic acids is 1. The van der Waals surface area contributed by atoms with Gasteiger partial charge in [-0.1, -0.05) is 60.7 Å². The number of amides is 1. The molecular weight excluding hydrogens is 437 g/mol. The summed E-state index contributed by atoms with van der Waals surface area (Å²) < 4.78 is 34.4. The Morgan fingerprint density at radius 2 is 1.38 bits per heavy atom. The van der Waals surface area contributed by atoms with Crippen LogP contribution in [-0.2, 0) is 40.9 Å². The first kappa shape index (κ1) is 25.5. The molecule has 0 fully saturated rings. The Morgan fingerprint density at radius 1 is 0.906 bits per heavy atom. The first-order chi connectivity index (χ1) is 15.1. The number of alkyl carbamates (subject to hydrolysis) is 1. The van der Waals surface area contributed by atoms with Crippen LogP contribution in [0.15, 0.2) is 60.7 Å². The van der Waals surface area contributed by atoms with Crippen molar-refractivity contribution in [2.75, 3.05) is 6.61 Å². The van der Waals surface area contributed by atoms with Crippen LogP contribution in [0.3, 0.4) is 0 Å². The van der Waals surface area contributed by atoms with Gasteiger partial charge in [0.2, 0.25) is 0 Å². The van der Waals surface area contributed by atoms with E-state index in [-0.39, 0.29) is 13.2 Å². The lowest BCUT2D eigenvalue weighted by atomic mass is 10.2. The van der Waals surface area contributed by atoms with Crippen LogP contribution in [0.4, 0.5) is 4.79 Å². The van der Waals surface area contributed by atoms with Crippen LogP contribution in [0.25, 0.3) is 0 Å². The molecule has 32 heavy (non-hydrogen) atoms. The van der Waals surface area contributed by atoms with Gasteiger partial charge in [0.25, 0.3) is 0 Å². The molecule has 0 aromatic heterocycles. The lowest BCUT2D eigenvalue weighted by Crippen LogP contribution is -2.46. The smallest absolute Gasteiger partial charge is 0.475 e. The van der Waals surface area contributed by atoms with E-state index in [2.05, 4.69) is 5.32 Å². The van der Waals surface area contributed by atoms with Gasteiger partial charge in [0, 0.05) is 0 Å². The molecule has 0 heterocycles. The Hall–Kier alpha value is -2.71. The zero-order valence-corrected chi connectivity index (χ0v) is 19.1. The van der Waals surface area contributed by atoms with Gasteiger partial charge in [-0.2, -0.15) is 0 Å². The standard InChI is InChI=1S/C22H28NO8P/c1-22(2,3)31-21(26)23-19(20(24)25)16-30-32(27,28-14-17-10-6-4-7-11-17)29-15-18-12-8-5-9-13-18/h4-13,19H,14-16H2,1-3H3,(H,23,26)(H,24,25). The number of carbonyl (C=O) groups is 2. The molecule has 0 radical (unpaired) electrons. The van der Waals surface area contributed by atoms with Gasteiger partial charge in [-0.15, -0.1) is 0 Å². The van der Waals surface area contributed by atoms with E-state index >= 15 is 0 Å². The summed E-state index contributed by atoms with van der Waals surface area (Å²) in [5.41, 5.74) is 0.628. The normalized spacial score (nSPS) is 12.7. The summed E-state index contributed by atoms with van der Waals surface area (Å²) in [7, 11) is -4.18. The Kier molecular flexibility index (Phi) is 9.41. The van der Waals surface area contributed by atoms with E-state index in [1.807, 2.05) is 12.1 Å². The SMILES string of the molecule is CC(C)(C)OC(=O)NC(COP(=O)(OCc1ccccc1)OCc1ccccc1)C(=O)O. The van der Waals surface area contributed by atoms with E-state index in [1.54, 1.807) is 69.3 Å². The van der Waals surface area contributed by atoms with Crippen LogP contribution < -0.4 is 5.32 Å². The second kappa shape index (κ2) is 11.8. The molecule has 0 aliphatic rings. The predicted molar refractivity (Wildman–Crippen MR) is 117 cm³/mol. The van der Waals surface area contributed by atoms with E-state index in [9.17, 15) is 19.3 Å². The predicted octanol–water partition coefficient (Wildman–Crippen LogP) is 4.52. The molecule has 0 spiro atoms. The third kappa shape index (κ3) is 9.62. The van der Waals surface area contributed by atoms with Gasteiger partial charge in [0.15, 0.2) is 6.04 Å². The highest BCUT2D eigenvalue weighted by Crippen LogP contribution is 2.51. The highest BCUT2D eigenvalue weighted by atomic mass is 31.2. The minimum Gasteiger partial charge on any atom is -0.480 e. The molecule has 2 aromatic carbocycles. The molecule has 9 nitrogen and oxygen atoms in total. The fraction of sp³-hybridized carbons (Fsp3) is 0.364. The topological polar surface area (TPSA) is 120 Å². The second-order valence-electron chi connectivity index (χ2n) is 7.80. The van der Waals surface area contributed by atoms with Crippen LogP contribution in [0, 0.1) is 0 Å². The molecule has 0 saturated heterocycles. The van der Waals surface area contributed by atoms with E-state index in [1.165, 1.54) is 0 Å². The summed E-state index contributed by atoms with van der Waals surface area (Å²) in [5.74, 6) is -1.39. The number of phosphoric acid groups is 1. The zero-order valence-electron chi connectivity index (χ0n) is 18.2. The molecule has 174 valence electrons. The summed E-state index contributed by atoms with van der Waals surface area (Å²) in [6.07, 6.45) is -0.946. The fourth-order valence-electron chi connectivity index (χ4n) is 2.36. The molecule has 0 saturated carbocycles. The van der Waals surface area contributed by atoms with Crippen LogP contribution >= 0.6 is 7.82 Å². The van der Waals surface area contributed by atoms with Gasteiger partial charge in [0.05, 0.1) is 19.8 Å². The van der Waals surface area contributed by atoms with Crippen molar-refractivity contribution in [3.63, 3.8) is 0 Å². The van der Waals surface area contributed by atoms with E-state index in [0.29, 0.717) is 0 Å². The van der Waals surface area contributed by atoms with Gasteiger partial charge in [0.1, 0.15) is 5.60 Å². The first-order valence-corrected chi connectivity index (χ1v) is 11.4. The van der Waals surface area contributed by atoms with Gasteiger partial charge >= 0.3 is 19.9 Å². The average Bonchev–Trinajstić information content (AvgIpc) is 2.74. The maximum Gasteiger partial charge on any atom is 0.475 e. The maximum atomic E-state index is 13.2. The van der Waals surface area contributed by atoms with E-state index in [4.69, 9.17) is 18.3 Å². The highest BCUT2D eigenvalue weighted by Gasteiger charge is 2.32. The molecule has 2 aromatic rings. The Balaban J connectivity index is 2.06. The van der Waals surface area contributed by atoms with Crippen LogP contribution in [0.1, 0.15) is 31.9 Å². The molecule has 10 heteroatoms. The number of nitrogens with one attached hydrogen (secondary N) is 1. The molecule has 0 aliphatic carbocycles. The molecule has 1 atom stereocenters. The Labute approximate surface area is 187 Å². The van der Waals surface area contributed by atoms with Crippen molar-refractivity contribution in [2.24, 2.45) is 0 Å². The van der Waals surface area contributed by atoms with Crippen molar-refractivity contribution >= 4 is 19.9 Å². The number of phosphoric ester groups is 1. The number of aliphatic carboxylic acids is 1. The van der Waals surface area contributed by atoms with Crippen LogP contribution in [0.5, 0.6) is 0 Å². The monoisotopic (exact) mass is 465 g/mol. The number of rotatable bonds is 11. The minimum absolute atomic E-state index is 0.0792. The first-order valence-electron chi connectivity index (χ1n) is 9.90. The number of hydrogen-bond acceptors (Lipinski definition) is 7. The van der Waals surface area contributed by atoms with E-state index in [0.717, 1.165) is 11.1 Å². The van der Waals surface area contributed by atoms with Gasteiger partial charge in [-0.25, -0.2) is 14.2 Å². The van der Waals surface area contributed by atoms with Gasteiger partial charge < -0.3 is 15.2 Å². The molecule has 0 bridgehead atoms. The fourth-order valence-corrected chi connectivity index (χ4v) is 3.53. The summed E-state index contributed by atoms with van der Waals surface area (Å²) >= 11 is 0. The molecule has 2 rings (SSSR count). The summed E-state index contributed by atoms with van der Waals surface area (Å²) in [6, 6.07) is 16.4. The van der Waals surface area contributed by atoms with Crippen molar-refractivity contribution in [3.05, 3.63) is 71.8 Å². The molecular formula is C22H28NO8P. The largest absolute Gasteiger partial charge is 0.480 e. The minimum atomic E-state index is -4.18. The molecule has 1 amide bonds. The summed E-state index contributed by atoms with van der Waals surface area (Å²) in [4.78, 5) is 23.5. The third-order valence-electron chi connectivity index (χ3n) is 3.85. The lowest BCUT2D eigenvalue weighted by Gasteiger charge is -2.23. The van der Waals surface area contributed by atoms with Gasteiger partial charge in [-0.3, -0.25) is 13.6 Å². The average molecular weight is 465 g/mol. The number of benzene rings is 2. The Morgan fingerprint density at radius 3 is 1.78 bits per heavy atom. The zero-order chi connectivity index (χ0) is 23.6. The van der Waals surface area contributed by atoms with Crippen molar-refractivity contribution in [1.29, 1.82) is 0 Å². The van der Waals surface area contributed by atoms with Crippen molar-refractivity contribution in [2.45, 2.75) is 45.6 Å². The van der Waals surface area contributed by atoms with Crippen molar-refractivity contribution in [3.8, 4) is 0 Å². The number of carboxylic acid groups (broad SMARTS) is 1. The lowest BCUT2D eigenvalue weighted by molar-refractivity contribution is -0.140. The van der Waals surface area contributed by atoms with Crippen LogP contribution in [0.2, 0.25) is 0 Å². The van der Waals surface area contributed by atoms with Gasteiger partial charge in [-0.05, 0) is 31.9 Å². The molecule has 2 N–H and O–H groups in total. The third-order valence-corrected chi connectivity index (χ3v) is 5.21. The highest BCUT2D eigenvalue weighted by molar-refractivity contribution is 7.48. The van der Waals surface area contributed by atoms with Crippen molar-refractivity contribution < 1.29 is 37.6 Å². The van der Waals surface area contributed by atoms with E-state index < -0.39 is 38.1 Å². The number of hydrogen-bond donors (Lipinski definition) is 2. The van der Waals surface area contributed by atoms with Crippen molar-refractivity contribution in [1.82, 2.24) is 5.32 Å². The second-order valence-corrected chi connectivity index (χ2v) is 9.47. The maximum absolute atomic E-state index is 13.2. The number of ether oxygens (including phenoxy) is 1. The molecule has 1 unspecified atom stereocenters. The summed E-state index contributed by atoms with van der Waals surface area (Å²) in [6.45, 7) is 4.11. The quantitative estimate of drug-likeness (QED) is 0.465. The molecule has 0 aliphatic heterocycles. The van der Waals surface area contributed by atoms with Crippen LogP contribution in [-0.4, -0.2) is 35.4 Å². The summed E-state index contributed by atoms with van der Waals surface area (Å²) in [5, 5.41) is 11.6. The Bertz CT molecular complexity index is 867.